The topological polar surface area (TPSA) is 53.7 Å². The molecule has 94 valence electrons. The fourth-order valence-corrected chi connectivity index (χ4v) is 1.68. The third kappa shape index (κ3) is 2.65. The van der Waals surface area contributed by atoms with Crippen LogP contribution in [0.25, 0.3) is 0 Å². The summed E-state index contributed by atoms with van der Waals surface area (Å²) < 4.78 is 15.9. The van der Waals surface area contributed by atoms with E-state index in [2.05, 4.69) is 6.58 Å². The fraction of sp³-hybridized carbons (Fsp3) is 0.333. The summed E-state index contributed by atoms with van der Waals surface area (Å²) >= 11 is 0. The molecule has 0 saturated carbocycles. The quantitative estimate of drug-likeness (QED) is 0.842. The molecular formula is C12H16ClNO3. The second-order valence-electron chi connectivity index (χ2n) is 3.59. The van der Waals surface area contributed by atoms with Crippen molar-refractivity contribution in [2.45, 2.75) is 12.5 Å². The Balaban J connectivity index is 0.00000144. The van der Waals surface area contributed by atoms with Crippen LogP contribution in [0.3, 0.4) is 0 Å². The number of ether oxygens (including phenoxy) is 3. The first-order valence-corrected chi connectivity index (χ1v) is 5.10. The molecule has 2 N–H and O–H groups in total. The van der Waals surface area contributed by atoms with E-state index in [0.29, 0.717) is 23.7 Å². The lowest BCUT2D eigenvalue weighted by molar-refractivity contribution is 0.171. The molecule has 1 aliphatic heterocycles. The lowest BCUT2D eigenvalue weighted by Gasteiger charge is -2.12. The molecule has 0 spiro atoms. The first-order chi connectivity index (χ1) is 7.76. The minimum atomic E-state index is -0.0964. The maximum Gasteiger partial charge on any atom is 0.231 e. The Labute approximate surface area is 107 Å². The Kier molecular flexibility index (Phi) is 4.66. The molecule has 17 heavy (non-hydrogen) atoms. The van der Waals surface area contributed by atoms with E-state index >= 15 is 0 Å². The van der Waals surface area contributed by atoms with Crippen LogP contribution >= 0.6 is 12.4 Å². The molecule has 1 heterocycles. The second-order valence-corrected chi connectivity index (χ2v) is 3.59. The van der Waals surface area contributed by atoms with Gasteiger partial charge in [-0.2, -0.15) is 0 Å². The van der Waals surface area contributed by atoms with Crippen LogP contribution in [0.2, 0.25) is 0 Å². The lowest BCUT2D eigenvalue weighted by atomic mass is 10.0. The number of hydrogen-bond donors (Lipinski definition) is 1. The average Bonchev–Trinajstić information content (AvgIpc) is 2.75. The van der Waals surface area contributed by atoms with Gasteiger partial charge in [-0.1, -0.05) is 6.08 Å². The van der Waals surface area contributed by atoms with E-state index in [9.17, 15) is 0 Å². The molecular weight excluding hydrogens is 242 g/mol. The molecule has 2 rings (SSSR count). The Hall–Kier alpha value is -1.39. The molecule has 1 atom stereocenters. The molecule has 5 heteroatoms. The minimum Gasteiger partial charge on any atom is -0.493 e. The summed E-state index contributed by atoms with van der Waals surface area (Å²) in [4.78, 5) is 0. The van der Waals surface area contributed by atoms with Crippen molar-refractivity contribution in [2.75, 3.05) is 13.9 Å². The van der Waals surface area contributed by atoms with Gasteiger partial charge in [0.1, 0.15) is 0 Å². The number of benzene rings is 1. The highest BCUT2D eigenvalue weighted by molar-refractivity contribution is 5.85. The summed E-state index contributed by atoms with van der Waals surface area (Å²) in [6, 6.07) is 3.67. The van der Waals surface area contributed by atoms with Gasteiger partial charge in [0.2, 0.25) is 12.5 Å². The van der Waals surface area contributed by atoms with E-state index in [1.807, 2.05) is 12.1 Å². The average molecular weight is 258 g/mol. The van der Waals surface area contributed by atoms with Gasteiger partial charge in [0.05, 0.1) is 7.11 Å². The zero-order chi connectivity index (χ0) is 11.5. The van der Waals surface area contributed by atoms with E-state index in [1.54, 1.807) is 13.2 Å². The van der Waals surface area contributed by atoms with Crippen molar-refractivity contribution in [3.63, 3.8) is 0 Å². The van der Waals surface area contributed by atoms with Crippen molar-refractivity contribution < 1.29 is 14.2 Å². The standard InChI is InChI=1S/C12H15NO3.ClH/c1-3-4-9(13)8-5-10(14-2)12-11(6-8)15-7-16-12;/h3,5-6,9H,1,4,7,13H2,2H3;1H/t9-;/m1./s1. The summed E-state index contributed by atoms with van der Waals surface area (Å²) in [5.41, 5.74) is 6.96. The van der Waals surface area contributed by atoms with Crippen molar-refractivity contribution in [3.8, 4) is 17.2 Å². The second kappa shape index (κ2) is 5.80. The fourth-order valence-electron chi connectivity index (χ4n) is 1.68. The Morgan fingerprint density at radius 2 is 2.29 bits per heavy atom. The van der Waals surface area contributed by atoms with Crippen LogP contribution in [0.4, 0.5) is 0 Å². The van der Waals surface area contributed by atoms with Gasteiger partial charge in [-0.15, -0.1) is 19.0 Å². The SMILES string of the molecule is C=CC[C@@H](N)c1cc(OC)c2c(c1)OCO2.Cl. The first-order valence-electron chi connectivity index (χ1n) is 5.10. The van der Waals surface area contributed by atoms with Crippen LogP contribution in [0.1, 0.15) is 18.0 Å². The van der Waals surface area contributed by atoms with Gasteiger partial charge >= 0.3 is 0 Å². The van der Waals surface area contributed by atoms with Gasteiger partial charge in [0, 0.05) is 6.04 Å². The van der Waals surface area contributed by atoms with Crippen LogP contribution in [0.15, 0.2) is 24.8 Å². The van der Waals surface area contributed by atoms with Crippen LogP contribution in [0.5, 0.6) is 17.2 Å². The summed E-state index contributed by atoms with van der Waals surface area (Å²) in [5.74, 6) is 2.00. The van der Waals surface area contributed by atoms with Crippen LogP contribution in [0, 0.1) is 0 Å². The number of nitrogens with two attached hydrogens (primary N) is 1. The largest absolute Gasteiger partial charge is 0.493 e. The number of methoxy groups -OCH3 is 1. The Morgan fingerprint density at radius 1 is 1.53 bits per heavy atom. The predicted molar refractivity (Wildman–Crippen MR) is 68.1 cm³/mol. The third-order valence-corrected chi connectivity index (χ3v) is 2.53. The van der Waals surface area contributed by atoms with E-state index in [-0.39, 0.29) is 25.2 Å². The summed E-state index contributed by atoms with van der Waals surface area (Å²) in [6.45, 7) is 3.90. The van der Waals surface area contributed by atoms with E-state index in [4.69, 9.17) is 19.9 Å². The van der Waals surface area contributed by atoms with Crippen molar-refractivity contribution in [3.05, 3.63) is 30.4 Å². The summed E-state index contributed by atoms with van der Waals surface area (Å²) in [7, 11) is 1.60. The summed E-state index contributed by atoms with van der Waals surface area (Å²) in [5, 5.41) is 0. The molecule has 0 amide bonds. The van der Waals surface area contributed by atoms with Crippen LogP contribution in [-0.4, -0.2) is 13.9 Å². The Bertz CT molecular complexity index is 409. The van der Waals surface area contributed by atoms with Crippen molar-refractivity contribution in [1.82, 2.24) is 0 Å². The molecule has 4 nitrogen and oxygen atoms in total. The maximum atomic E-state index is 6.00. The van der Waals surface area contributed by atoms with Gasteiger partial charge in [0.25, 0.3) is 0 Å². The van der Waals surface area contributed by atoms with E-state index in [1.165, 1.54) is 0 Å². The maximum absolute atomic E-state index is 6.00. The molecule has 1 aliphatic rings. The minimum absolute atomic E-state index is 0. The molecule has 0 aliphatic carbocycles. The lowest BCUT2D eigenvalue weighted by Crippen LogP contribution is -2.09. The molecule has 1 aromatic carbocycles. The van der Waals surface area contributed by atoms with Crippen molar-refractivity contribution in [1.29, 1.82) is 0 Å². The monoisotopic (exact) mass is 257 g/mol. The van der Waals surface area contributed by atoms with Gasteiger partial charge in [-0.25, -0.2) is 0 Å². The van der Waals surface area contributed by atoms with Gasteiger partial charge < -0.3 is 19.9 Å². The van der Waals surface area contributed by atoms with Crippen LogP contribution < -0.4 is 19.9 Å². The Morgan fingerprint density at radius 3 is 2.94 bits per heavy atom. The highest BCUT2D eigenvalue weighted by atomic mass is 35.5. The van der Waals surface area contributed by atoms with Gasteiger partial charge in [-0.05, 0) is 24.1 Å². The van der Waals surface area contributed by atoms with E-state index in [0.717, 1.165) is 5.56 Å². The molecule has 0 saturated heterocycles. The molecule has 0 aromatic heterocycles. The van der Waals surface area contributed by atoms with Crippen molar-refractivity contribution in [2.24, 2.45) is 5.73 Å². The number of hydrogen-bond acceptors (Lipinski definition) is 4. The zero-order valence-corrected chi connectivity index (χ0v) is 10.5. The van der Waals surface area contributed by atoms with Crippen LogP contribution in [-0.2, 0) is 0 Å². The molecule has 0 unspecified atom stereocenters. The molecule has 1 aromatic rings. The summed E-state index contributed by atoms with van der Waals surface area (Å²) in [6.07, 6.45) is 2.50. The predicted octanol–water partition coefficient (Wildman–Crippen LogP) is 2.42. The number of fused-ring (bicyclic) bond motifs is 1. The zero-order valence-electron chi connectivity index (χ0n) is 9.64. The number of halogens is 1. The number of rotatable bonds is 4. The highest BCUT2D eigenvalue weighted by Gasteiger charge is 2.21. The smallest absolute Gasteiger partial charge is 0.231 e. The van der Waals surface area contributed by atoms with E-state index < -0.39 is 0 Å². The molecule has 0 fully saturated rings. The highest BCUT2D eigenvalue weighted by Crippen LogP contribution is 2.42. The normalized spacial score (nSPS) is 13.8. The van der Waals surface area contributed by atoms with Crippen molar-refractivity contribution >= 4 is 12.4 Å². The first kappa shape index (κ1) is 13.7. The molecule has 0 radical (unpaired) electrons. The van der Waals surface area contributed by atoms with Gasteiger partial charge in [-0.3, -0.25) is 0 Å². The molecule has 0 bridgehead atoms. The third-order valence-electron chi connectivity index (χ3n) is 2.53. The van der Waals surface area contributed by atoms with Gasteiger partial charge in [0.15, 0.2) is 11.5 Å².